The molecule has 0 bridgehead atoms. The van der Waals surface area contributed by atoms with Crippen LogP contribution >= 0.6 is 0 Å². The van der Waals surface area contributed by atoms with Crippen molar-refractivity contribution in [2.24, 2.45) is 17.6 Å². The highest BCUT2D eigenvalue weighted by Gasteiger charge is 2.32. The first-order chi connectivity index (χ1) is 12.6. The van der Waals surface area contributed by atoms with Crippen LogP contribution in [0.4, 0.5) is 0 Å². The van der Waals surface area contributed by atoms with Crippen molar-refractivity contribution < 1.29 is 13.2 Å². The van der Waals surface area contributed by atoms with E-state index in [9.17, 15) is 13.2 Å². The van der Waals surface area contributed by atoms with Crippen molar-refractivity contribution >= 4 is 15.9 Å². The van der Waals surface area contributed by atoms with Gasteiger partial charge in [-0.2, -0.15) is 4.31 Å². The van der Waals surface area contributed by atoms with Gasteiger partial charge < -0.3 is 11.1 Å². The van der Waals surface area contributed by atoms with Crippen molar-refractivity contribution in [3.8, 4) is 0 Å². The summed E-state index contributed by atoms with van der Waals surface area (Å²) in [6, 6.07) is 7.13. The quantitative estimate of drug-likeness (QED) is 0.771. The molecule has 0 saturated carbocycles. The molecule has 1 unspecified atom stereocenters. The molecule has 1 saturated heterocycles. The van der Waals surface area contributed by atoms with Crippen molar-refractivity contribution in [2.75, 3.05) is 26.2 Å². The molecular weight excluding hydrogens is 362 g/mol. The van der Waals surface area contributed by atoms with E-state index in [1.165, 1.54) is 4.31 Å². The lowest BCUT2D eigenvalue weighted by atomic mass is 9.87. The van der Waals surface area contributed by atoms with Gasteiger partial charge in [0, 0.05) is 25.6 Å². The molecule has 0 radical (unpaired) electrons. The molecule has 0 aromatic heterocycles. The molecule has 1 heterocycles. The summed E-state index contributed by atoms with van der Waals surface area (Å²) < 4.78 is 27.3. The number of hydrogen-bond acceptors (Lipinski definition) is 4. The highest BCUT2D eigenvalue weighted by atomic mass is 32.2. The molecule has 1 aromatic rings. The van der Waals surface area contributed by atoms with Gasteiger partial charge in [-0.3, -0.25) is 4.79 Å². The van der Waals surface area contributed by atoms with Crippen LogP contribution in [-0.2, 0) is 20.2 Å². The third-order valence-electron chi connectivity index (χ3n) is 5.21. The van der Waals surface area contributed by atoms with Crippen molar-refractivity contribution in [3.05, 3.63) is 29.8 Å². The molecule has 1 fully saturated rings. The molecule has 6 nitrogen and oxygen atoms in total. The van der Waals surface area contributed by atoms with Gasteiger partial charge in [-0.25, -0.2) is 8.42 Å². The minimum Gasteiger partial charge on any atom is -0.356 e. The third kappa shape index (κ3) is 5.53. The normalized spacial score (nSPS) is 18.3. The smallest absolute Gasteiger partial charge is 0.243 e. The Kier molecular flexibility index (Phi) is 7.05. The van der Waals surface area contributed by atoms with Crippen LogP contribution in [0.3, 0.4) is 0 Å². The van der Waals surface area contributed by atoms with Gasteiger partial charge in [0.2, 0.25) is 15.9 Å². The lowest BCUT2D eigenvalue weighted by molar-refractivity contribution is -0.126. The number of carbonyl (C=O) groups is 1. The number of nitrogens with zero attached hydrogens (tertiary/aromatic N) is 1. The molecule has 7 heteroatoms. The Hall–Kier alpha value is -1.44. The van der Waals surface area contributed by atoms with Crippen LogP contribution in [0.5, 0.6) is 0 Å². The second-order valence-corrected chi connectivity index (χ2v) is 10.5. The van der Waals surface area contributed by atoms with E-state index < -0.39 is 10.0 Å². The lowest BCUT2D eigenvalue weighted by Crippen LogP contribution is -2.44. The second kappa shape index (κ2) is 8.71. The number of carbonyl (C=O) groups excluding carboxylic acids is 1. The van der Waals surface area contributed by atoms with Crippen LogP contribution < -0.4 is 11.1 Å². The first-order valence-corrected chi connectivity index (χ1v) is 11.1. The van der Waals surface area contributed by atoms with E-state index in [0.29, 0.717) is 43.9 Å². The largest absolute Gasteiger partial charge is 0.356 e. The van der Waals surface area contributed by atoms with Gasteiger partial charge in [0.25, 0.3) is 0 Å². The maximum atomic E-state index is 12.9. The van der Waals surface area contributed by atoms with Gasteiger partial charge in [-0.1, -0.05) is 39.8 Å². The molecule has 0 spiro atoms. The minimum atomic E-state index is -3.52. The molecule has 3 N–H and O–H groups in total. The van der Waals surface area contributed by atoms with Gasteiger partial charge in [0.1, 0.15) is 0 Å². The second-order valence-electron chi connectivity index (χ2n) is 8.54. The molecular formula is C20H33N3O3S. The first kappa shape index (κ1) is 21.9. The Morgan fingerprint density at radius 3 is 2.26 bits per heavy atom. The van der Waals surface area contributed by atoms with Crippen LogP contribution in [0.1, 0.15) is 46.1 Å². The maximum absolute atomic E-state index is 12.9. The summed E-state index contributed by atoms with van der Waals surface area (Å²) in [5.41, 5.74) is 6.65. The Balaban J connectivity index is 1.97. The van der Waals surface area contributed by atoms with Crippen molar-refractivity contribution in [1.29, 1.82) is 0 Å². The van der Waals surface area contributed by atoms with Crippen LogP contribution in [0, 0.1) is 11.8 Å². The van der Waals surface area contributed by atoms with Crippen molar-refractivity contribution in [3.63, 3.8) is 0 Å². The molecule has 152 valence electrons. The molecule has 2 rings (SSSR count). The third-order valence-corrected chi connectivity index (χ3v) is 7.12. The van der Waals surface area contributed by atoms with Gasteiger partial charge in [-0.05, 0) is 48.4 Å². The lowest BCUT2D eigenvalue weighted by Gasteiger charge is -2.31. The Bertz CT molecular complexity index is 731. The number of hydrogen-bond donors (Lipinski definition) is 2. The molecule has 1 atom stereocenters. The van der Waals surface area contributed by atoms with Crippen LogP contribution in [0.15, 0.2) is 29.2 Å². The average Bonchev–Trinajstić information content (AvgIpc) is 2.65. The van der Waals surface area contributed by atoms with Gasteiger partial charge in [0.05, 0.1) is 4.90 Å². The zero-order valence-corrected chi connectivity index (χ0v) is 17.7. The van der Waals surface area contributed by atoms with Crippen molar-refractivity contribution in [2.45, 2.75) is 50.8 Å². The monoisotopic (exact) mass is 395 g/mol. The minimum absolute atomic E-state index is 0.00174. The van der Waals surface area contributed by atoms with Crippen LogP contribution in [0.25, 0.3) is 0 Å². The predicted molar refractivity (Wildman–Crippen MR) is 108 cm³/mol. The van der Waals surface area contributed by atoms with E-state index in [1.54, 1.807) is 12.1 Å². The summed E-state index contributed by atoms with van der Waals surface area (Å²) in [7, 11) is -3.52. The molecule has 1 aliphatic rings. The fourth-order valence-corrected chi connectivity index (χ4v) is 4.61. The average molecular weight is 396 g/mol. The number of nitrogens with one attached hydrogen (secondary N) is 1. The topological polar surface area (TPSA) is 92.5 Å². The SMILES string of the molecule is CC(CN)CNC(=O)C1CCN(S(=O)(=O)c2ccc(C(C)(C)C)cc2)CC1. The maximum Gasteiger partial charge on any atom is 0.243 e. The first-order valence-electron chi connectivity index (χ1n) is 9.64. The molecule has 0 aliphatic carbocycles. The van der Waals surface area contributed by atoms with Crippen LogP contribution in [0.2, 0.25) is 0 Å². The summed E-state index contributed by atoms with van der Waals surface area (Å²) in [5, 5.41) is 2.92. The Morgan fingerprint density at radius 2 is 1.78 bits per heavy atom. The molecule has 1 amide bonds. The fraction of sp³-hybridized carbons (Fsp3) is 0.650. The number of piperidine rings is 1. The Morgan fingerprint density at radius 1 is 1.22 bits per heavy atom. The highest BCUT2D eigenvalue weighted by Crippen LogP contribution is 2.27. The van der Waals surface area contributed by atoms with Gasteiger partial charge >= 0.3 is 0 Å². The van der Waals surface area contributed by atoms with E-state index in [-0.39, 0.29) is 23.2 Å². The zero-order chi connectivity index (χ0) is 20.2. The summed E-state index contributed by atoms with van der Waals surface area (Å²) >= 11 is 0. The standard InChI is InChI=1S/C20H33N3O3S/c1-15(13-21)14-22-19(24)16-9-11-23(12-10-16)27(25,26)18-7-5-17(6-8-18)20(2,3)4/h5-8,15-16H,9-14,21H2,1-4H3,(H,22,24). The number of amides is 1. The molecule has 1 aliphatic heterocycles. The van der Waals surface area contributed by atoms with Crippen LogP contribution in [-0.4, -0.2) is 44.8 Å². The number of benzene rings is 1. The number of sulfonamides is 1. The predicted octanol–water partition coefficient (Wildman–Crippen LogP) is 2.10. The number of rotatable bonds is 6. The summed E-state index contributed by atoms with van der Waals surface area (Å²) in [6.45, 7) is 10.1. The van der Waals surface area contributed by atoms with E-state index in [2.05, 4.69) is 26.1 Å². The zero-order valence-electron chi connectivity index (χ0n) is 16.9. The van der Waals surface area contributed by atoms with Crippen molar-refractivity contribution in [1.82, 2.24) is 9.62 Å². The summed E-state index contributed by atoms with van der Waals surface area (Å²) in [5.74, 6) is 0.108. The molecule has 27 heavy (non-hydrogen) atoms. The summed E-state index contributed by atoms with van der Waals surface area (Å²) in [6.07, 6.45) is 1.09. The number of nitrogens with two attached hydrogens (primary N) is 1. The van der Waals surface area contributed by atoms with Gasteiger partial charge in [0.15, 0.2) is 0 Å². The van der Waals surface area contributed by atoms with E-state index in [1.807, 2.05) is 19.1 Å². The Labute approximate surface area is 163 Å². The molecule has 1 aromatic carbocycles. The highest BCUT2D eigenvalue weighted by molar-refractivity contribution is 7.89. The van der Waals surface area contributed by atoms with E-state index in [0.717, 1.165) is 5.56 Å². The van der Waals surface area contributed by atoms with E-state index >= 15 is 0 Å². The summed E-state index contributed by atoms with van der Waals surface area (Å²) in [4.78, 5) is 12.6. The van der Waals surface area contributed by atoms with Gasteiger partial charge in [-0.15, -0.1) is 0 Å². The van der Waals surface area contributed by atoms with E-state index in [4.69, 9.17) is 5.73 Å². The fourth-order valence-electron chi connectivity index (χ4n) is 3.14.